The van der Waals surface area contributed by atoms with E-state index in [0.717, 1.165) is 5.56 Å². The summed E-state index contributed by atoms with van der Waals surface area (Å²) in [5.74, 6) is -4.73. The second-order valence-corrected chi connectivity index (χ2v) is 9.04. The molecule has 0 N–H and O–H groups in total. The van der Waals surface area contributed by atoms with Gasteiger partial charge in [0.25, 0.3) is 0 Å². The maximum atomic E-state index is 13.3. The number of alkyl halides is 2. The van der Waals surface area contributed by atoms with Crippen LogP contribution in [0, 0.1) is 11.8 Å². The topological polar surface area (TPSA) is 55.8 Å². The number of nitrogens with zero attached hydrogens (tertiary/aromatic N) is 1. The highest BCUT2D eigenvalue weighted by Crippen LogP contribution is 2.75. The lowest BCUT2D eigenvalue weighted by Crippen LogP contribution is -2.60. The third-order valence-electron chi connectivity index (χ3n) is 6.09. The zero-order valence-corrected chi connectivity index (χ0v) is 18.1. The van der Waals surface area contributed by atoms with Crippen molar-refractivity contribution in [3.63, 3.8) is 0 Å². The van der Waals surface area contributed by atoms with Crippen molar-refractivity contribution < 1.29 is 19.1 Å². The third-order valence-corrected chi connectivity index (χ3v) is 8.70. The van der Waals surface area contributed by atoms with E-state index in [4.69, 9.17) is 55.9 Å². The van der Waals surface area contributed by atoms with E-state index in [9.17, 15) is 9.59 Å². The van der Waals surface area contributed by atoms with E-state index >= 15 is 0 Å². The zero-order valence-electron chi connectivity index (χ0n) is 15.0. The van der Waals surface area contributed by atoms with Gasteiger partial charge in [-0.15, -0.1) is 23.2 Å². The van der Waals surface area contributed by atoms with Gasteiger partial charge in [-0.2, -0.15) is 0 Å². The Hall–Kier alpha value is -0.820. The summed E-state index contributed by atoms with van der Waals surface area (Å²) in [5, 5.41) is -0.0521. The number of hydrogen-bond donors (Lipinski definition) is 0. The Morgan fingerprint density at radius 2 is 1.39 bits per heavy atom. The molecule has 1 saturated heterocycles. The normalized spacial score (nSPS) is 35.9. The minimum atomic E-state index is -1.75. The van der Waals surface area contributed by atoms with Crippen LogP contribution in [0.5, 0.6) is 0 Å². The standard InChI is InChI=1S/C19H17Cl4NO4/c1-27-19(28-2)17(22)11-12(18(19,23)14(21)13(17)20)16(26)24(15(11)25)9-8-10-6-4-3-5-7-10/h3-7,11-12H,8-9H2,1-2H3/t11-,12+,17-,18-/m0/s1. The molecule has 2 amide bonds. The van der Waals surface area contributed by atoms with Gasteiger partial charge >= 0.3 is 0 Å². The minimum Gasteiger partial charge on any atom is -0.350 e. The largest absolute Gasteiger partial charge is 0.350 e. The fraction of sp³-hybridized carbons (Fsp3) is 0.474. The van der Waals surface area contributed by atoms with Gasteiger partial charge in [0.2, 0.25) is 17.6 Å². The van der Waals surface area contributed by atoms with Crippen LogP contribution in [-0.4, -0.2) is 53.0 Å². The number of fused-ring (bicyclic) bond motifs is 5. The molecular formula is C19H17Cl4NO4. The smallest absolute Gasteiger partial charge is 0.235 e. The molecule has 9 heteroatoms. The maximum absolute atomic E-state index is 13.3. The maximum Gasteiger partial charge on any atom is 0.235 e. The molecule has 150 valence electrons. The Morgan fingerprint density at radius 1 is 0.929 bits per heavy atom. The highest BCUT2D eigenvalue weighted by Gasteiger charge is 2.89. The van der Waals surface area contributed by atoms with Crippen LogP contribution in [0.1, 0.15) is 5.56 Å². The fourth-order valence-electron chi connectivity index (χ4n) is 4.87. The van der Waals surface area contributed by atoms with Crippen molar-refractivity contribution in [3.8, 4) is 0 Å². The summed E-state index contributed by atoms with van der Waals surface area (Å²) in [7, 11) is 2.67. The molecule has 2 bridgehead atoms. The number of imide groups is 1. The van der Waals surface area contributed by atoms with Crippen molar-refractivity contribution in [1.82, 2.24) is 4.90 Å². The molecule has 0 radical (unpaired) electrons. The molecule has 1 aromatic carbocycles. The molecule has 1 aliphatic heterocycles. The van der Waals surface area contributed by atoms with Crippen LogP contribution in [-0.2, 0) is 25.5 Å². The molecule has 4 rings (SSSR count). The lowest BCUT2D eigenvalue weighted by molar-refractivity contribution is -0.222. The van der Waals surface area contributed by atoms with Crippen molar-refractivity contribution in [2.45, 2.75) is 22.0 Å². The summed E-state index contributed by atoms with van der Waals surface area (Å²) in [5.41, 5.74) is 1.00. The summed E-state index contributed by atoms with van der Waals surface area (Å²) in [6.07, 6.45) is 0.511. The van der Waals surface area contributed by atoms with Gasteiger partial charge in [0.1, 0.15) is 9.75 Å². The number of carbonyl (C=O) groups is 2. The predicted octanol–water partition coefficient (Wildman–Crippen LogP) is 3.49. The molecule has 4 atom stereocenters. The summed E-state index contributed by atoms with van der Waals surface area (Å²) >= 11 is 26.6. The van der Waals surface area contributed by atoms with Gasteiger partial charge in [0.15, 0.2) is 0 Å². The van der Waals surface area contributed by atoms with Crippen LogP contribution in [0.15, 0.2) is 40.4 Å². The number of benzene rings is 1. The highest BCUT2D eigenvalue weighted by atomic mass is 35.5. The van der Waals surface area contributed by atoms with Crippen LogP contribution in [0.25, 0.3) is 0 Å². The average Bonchev–Trinajstić information content (AvgIpc) is 3.11. The number of methoxy groups -OCH3 is 2. The minimum absolute atomic E-state index is 0.0261. The number of ether oxygens (including phenoxy) is 2. The Kier molecular flexibility index (Phi) is 4.82. The number of rotatable bonds is 5. The van der Waals surface area contributed by atoms with E-state index in [-0.39, 0.29) is 16.6 Å². The van der Waals surface area contributed by atoms with Crippen molar-refractivity contribution >= 4 is 58.2 Å². The SMILES string of the molecule is COC1(OC)[C@@]2(Cl)C(Cl)=C(Cl)[C@@]1(Cl)[C@H]1C(=O)N(CCc3ccccc3)C(=O)[C@H]12. The van der Waals surface area contributed by atoms with Crippen molar-refractivity contribution in [1.29, 1.82) is 0 Å². The molecule has 0 unspecified atom stereocenters. The quantitative estimate of drug-likeness (QED) is 0.380. The Bertz CT molecular complexity index is 841. The molecule has 5 nitrogen and oxygen atoms in total. The van der Waals surface area contributed by atoms with Crippen LogP contribution in [0.4, 0.5) is 0 Å². The van der Waals surface area contributed by atoms with Gasteiger partial charge in [-0.25, -0.2) is 0 Å². The lowest BCUT2D eigenvalue weighted by Gasteiger charge is -2.42. The van der Waals surface area contributed by atoms with Crippen LogP contribution in [0.3, 0.4) is 0 Å². The Morgan fingerprint density at radius 3 is 1.82 bits per heavy atom. The number of carbonyl (C=O) groups excluding carboxylic acids is 2. The molecule has 3 aliphatic rings. The first-order valence-electron chi connectivity index (χ1n) is 8.65. The van der Waals surface area contributed by atoms with E-state index in [1.165, 1.54) is 19.1 Å². The molecular weight excluding hydrogens is 448 g/mol. The van der Waals surface area contributed by atoms with E-state index in [2.05, 4.69) is 0 Å². The predicted molar refractivity (Wildman–Crippen MR) is 106 cm³/mol. The lowest BCUT2D eigenvalue weighted by atomic mass is 9.84. The summed E-state index contributed by atoms with van der Waals surface area (Å²) < 4.78 is 11.1. The monoisotopic (exact) mass is 463 g/mol. The first-order valence-corrected chi connectivity index (χ1v) is 10.2. The van der Waals surface area contributed by atoms with Crippen molar-refractivity contribution in [3.05, 3.63) is 46.0 Å². The molecule has 1 aromatic rings. The second-order valence-electron chi connectivity index (χ2n) is 7.10. The molecule has 2 fully saturated rings. The van der Waals surface area contributed by atoms with E-state index in [1.54, 1.807) is 0 Å². The number of amides is 2. The van der Waals surface area contributed by atoms with Crippen molar-refractivity contribution in [2.75, 3.05) is 20.8 Å². The summed E-state index contributed by atoms with van der Waals surface area (Å²) in [6, 6.07) is 9.55. The first kappa shape index (κ1) is 20.5. The van der Waals surface area contributed by atoms with E-state index in [1.807, 2.05) is 30.3 Å². The molecule has 0 spiro atoms. The fourth-order valence-corrected chi connectivity index (χ4v) is 7.03. The summed E-state index contributed by atoms with van der Waals surface area (Å²) in [6.45, 7) is 0.205. The van der Waals surface area contributed by atoms with Crippen LogP contribution in [0.2, 0.25) is 0 Å². The zero-order chi connectivity index (χ0) is 20.5. The van der Waals surface area contributed by atoms with Gasteiger partial charge < -0.3 is 9.47 Å². The third kappa shape index (κ3) is 2.08. The highest BCUT2D eigenvalue weighted by molar-refractivity contribution is 6.53. The van der Waals surface area contributed by atoms with Crippen LogP contribution >= 0.6 is 46.4 Å². The van der Waals surface area contributed by atoms with Gasteiger partial charge in [-0.05, 0) is 12.0 Å². The number of likely N-dealkylation sites (tertiary alicyclic amines) is 1. The number of hydrogen-bond acceptors (Lipinski definition) is 4. The van der Waals surface area contributed by atoms with E-state index < -0.39 is 39.2 Å². The first-order chi connectivity index (χ1) is 13.2. The average molecular weight is 465 g/mol. The molecule has 1 heterocycles. The Balaban J connectivity index is 1.74. The van der Waals surface area contributed by atoms with Gasteiger partial charge in [0.05, 0.1) is 21.9 Å². The van der Waals surface area contributed by atoms with Gasteiger partial charge in [0, 0.05) is 20.8 Å². The Labute approximate surface area is 182 Å². The van der Waals surface area contributed by atoms with Crippen LogP contribution < -0.4 is 0 Å². The molecule has 28 heavy (non-hydrogen) atoms. The van der Waals surface area contributed by atoms with Gasteiger partial charge in [-0.3, -0.25) is 14.5 Å². The van der Waals surface area contributed by atoms with E-state index in [0.29, 0.717) is 6.42 Å². The molecule has 0 aromatic heterocycles. The van der Waals surface area contributed by atoms with Gasteiger partial charge in [-0.1, -0.05) is 53.5 Å². The molecule has 2 aliphatic carbocycles. The number of halogens is 4. The van der Waals surface area contributed by atoms with Crippen molar-refractivity contribution in [2.24, 2.45) is 11.8 Å². The molecule has 1 saturated carbocycles. The summed E-state index contributed by atoms with van der Waals surface area (Å²) in [4.78, 5) is 24.3. The second kappa shape index (κ2) is 6.59.